The summed E-state index contributed by atoms with van der Waals surface area (Å²) in [7, 11) is 0. The minimum atomic E-state index is -0.898. The van der Waals surface area contributed by atoms with E-state index in [2.05, 4.69) is 15.3 Å². The smallest absolute Gasteiger partial charge is 0.335 e. The summed E-state index contributed by atoms with van der Waals surface area (Å²) >= 11 is 6.07. The molecule has 0 amide bonds. The van der Waals surface area contributed by atoms with Crippen molar-refractivity contribution in [2.24, 2.45) is 0 Å². The Bertz CT molecular complexity index is 1010. The first-order valence-corrected chi connectivity index (χ1v) is 9.17. The molecule has 6 heteroatoms. The number of aromatic carboxylic acids is 1. The van der Waals surface area contributed by atoms with Gasteiger partial charge in [0.2, 0.25) is 5.95 Å². The molecule has 2 aromatic carbocycles. The first-order valence-electron chi connectivity index (χ1n) is 8.79. The van der Waals surface area contributed by atoms with Crippen LogP contribution in [0.2, 0.25) is 5.02 Å². The van der Waals surface area contributed by atoms with Gasteiger partial charge in [0.1, 0.15) is 0 Å². The summed E-state index contributed by atoms with van der Waals surface area (Å²) in [4.78, 5) is 20.1. The minimum Gasteiger partial charge on any atom is -0.478 e. The number of carboxylic acids is 1. The van der Waals surface area contributed by atoms with Crippen LogP contribution in [0, 0.1) is 0 Å². The summed E-state index contributed by atoms with van der Waals surface area (Å²) in [5.41, 5.74) is 4.36. The maximum absolute atomic E-state index is 11.2. The van der Waals surface area contributed by atoms with Crippen molar-refractivity contribution < 1.29 is 9.90 Å². The second-order valence-electron chi connectivity index (χ2n) is 6.65. The summed E-state index contributed by atoms with van der Waals surface area (Å²) in [5.74, 6) is -0.333. The number of aromatic nitrogens is 2. The van der Waals surface area contributed by atoms with Gasteiger partial charge in [-0.2, -0.15) is 0 Å². The molecule has 0 bridgehead atoms. The monoisotopic (exact) mass is 379 g/mol. The van der Waals surface area contributed by atoms with E-state index < -0.39 is 5.97 Å². The van der Waals surface area contributed by atoms with Crippen LogP contribution in [0.1, 0.15) is 27.9 Å². The summed E-state index contributed by atoms with van der Waals surface area (Å²) in [6, 6.07) is 14.9. The number of nitrogens with zero attached hydrogens (tertiary/aromatic N) is 2. The Morgan fingerprint density at radius 1 is 1.15 bits per heavy atom. The zero-order valence-electron chi connectivity index (χ0n) is 14.5. The maximum atomic E-state index is 11.2. The van der Waals surface area contributed by atoms with Crippen LogP contribution in [0.3, 0.4) is 0 Å². The highest BCUT2D eigenvalue weighted by atomic mass is 35.5. The SMILES string of the molecule is O=C(O)c1ccc2c(c1)CC(Nc1nccc(-c3cccc(Cl)c3)n1)CC2. The zero-order chi connectivity index (χ0) is 18.8. The molecule has 1 aliphatic rings. The number of nitrogens with one attached hydrogen (secondary N) is 1. The van der Waals surface area contributed by atoms with Crippen molar-refractivity contribution in [2.75, 3.05) is 5.32 Å². The van der Waals surface area contributed by atoms with Crippen molar-refractivity contribution in [3.05, 3.63) is 76.4 Å². The molecule has 0 saturated carbocycles. The van der Waals surface area contributed by atoms with Crippen LogP contribution in [0.5, 0.6) is 0 Å². The number of aryl methyl sites for hydroxylation is 1. The average molecular weight is 380 g/mol. The quantitative estimate of drug-likeness (QED) is 0.699. The van der Waals surface area contributed by atoms with Crippen LogP contribution >= 0.6 is 11.6 Å². The third-order valence-corrected chi connectivity index (χ3v) is 5.03. The topological polar surface area (TPSA) is 75.1 Å². The molecule has 1 atom stereocenters. The average Bonchev–Trinajstić information content (AvgIpc) is 2.67. The van der Waals surface area contributed by atoms with E-state index in [4.69, 9.17) is 11.6 Å². The van der Waals surface area contributed by atoms with Crippen molar-refractivity contribution in [2.45, 2.75) is 25.3 Å². The van der Waals surface area contributed by atoms with Crippen molar-refractivity contribution in [1.29, 1.82) is 0 Å². The number of benzene rings is 2. The number of carbonyl (C=O) groups is 1. The fourth-order valence-electron chi connectivity index (χ4n) is 3.43. The molecule has 4 rings (SSSR count). The van der Waals surface area contributed by atoms with E-state index in [-0.39, 0.29) is 6.04 Å². The molecule has 0 radical (unpaired) electrons. The molecule has 2 N–H and O–H groups in total. The summed E-state index contributed by atoms with van der Waals surface area (Å²) in [5, 5.41) is 13.3. The van der Waals surface area contributed by atoms with Gasteiger partial charge in [-0.15, -0.1) is 0 Å². The van der Waals surface area contributed by atoms with Gasteiger partial charge < -0.3 is 10.4 Å². The Balaban J connectivity index is 1.53. The molecule has 1 heterocycles. The Hall–Kier alpha value is -2.92. The lowest BCUT2D eigenvalue weighted by Crippen LogP contribution is -2.28. The summed E-state index contributed by atoms with van der Waals surface area (Å²) in [6.45, 7) is 0. The van der Waals surface area contributed by atoms with Gasteiger partial charge in [0.15, 0.2) is 0 Å². The van der Waals surface area contributed by atoms with Gasteiger partial charge in [0.05, 0.1) is 11.3 Å². The normalized spacial score (nSPS) is 15.8. The van der Waals surface area contributed by atoms with Crippen molar-refractivity contribution in [3.63, 3.8) is 0 Å². The third kappa shape index (κ3) is 3.93. The Morgan fingerprint density at radius 3 is 2.85 bits per heavy atom. The lowest BCUT2D eigenvalue weighted by molar-refractivity contribution is 0.0696. The molecule has 0 aliphatic heterocycles. The van der Waals surface area contributed by atoms with E-state index in [1.54, 1.807) is 18.3 Å². The number of hydrogen-bond donors (Lipinski definition) is 2. The van der Waals surface area contributed by atoms with Gasteiger partial charge in [0, 0.05) is 22.8 Å². The highest BCUT2D eigenvalue weighted by molar-refractivity contribution is 6.30. The van der Waals surface area contributed by atoms with Crippen molar-refractivity contribution in [1.82, 2.24) is 9.97 Å². The van der Waals surface area contributed by atoms with E-state index in [1.165, 1.54) is 5.56 Å². The van der Waals surface area contributed by atoms with Crippen LogP contribution < -0.4 is 5.32 Å². The molecule has 0 saturated heterocycles. The summed E-state index contributed by atoms with van der Waals surface area (Å²) in [6.07, 6.45) is 4.33. The lowest BCUT2D eigenvalue weighted by atomic mass is 9.87. The molecule has 1 aliphatic carbocycles. The van der Waals surface area contributed by atoms with Crippen LogP contribution in [0.25, 0.3) is 11.3 Å². The van der Waals surface area contributed by atoms with Crippen LogP contribution in [0.15, 0.2) is 54.7 Å². The largest absolute Gasteiger partial charge is 0.478 e. The van der Waals surface area contributed by atoms with Crippen molar-refractivity contribution >= 4 is 23.5 Å². The van der Waals surface area contributed by atoms with Gasteiger partial charge in [-0.25, -0.2) is 14.8 Å². The van der Waals surface area contributed by atoms with Crippen LogP contribution in [-0.2, 0) is 12.8 Å². The van der Waals surface area contributed by atoms with Gasteiger partial charge in [0.25, 0.3) is 0 Å². The number of hydrogen-bond acceptors (Lipinski definition) is 4. The third-order valence-electron chi connectivity index (χ3n) is 4.79. The second kappa shape index (κ2) is 7.37. The first-order chi connectivity index (χ1) is 13.1. The van der Waals surface area contributed by atoms with E-state index in [9.17, 15) is 9.90 Å². The zero-order valence-corrected chi connectivity index (χ0v) is 15.3. The van der Waals surface area contributed by atoms with Gasteiger partial charge in [-0.3, -0.25) is 0 Å². The van der Waals surface area contributed by atoms with Gasteiger partial charge in [-0.05, 0) is 60.7 Å². The van der Waals surface area contributed by atoms with E-state index >= 15 is 0 Å². The number of halogens is 1. The molecule has 0 fully saturated rings. The predicted molar refractivity (Wildman–Crippen MR) is 105 cm³/mol. The second-order valence-corrected chi connectivity index (χ2v) is 7.08. The molecular weight excluding hydrogens is 362 g/mol. The van der Waals surface area contributed by atoms with Gasteiger partial charge >= 0.3 is 5.97 Å². The standard InChI is InChI=1S/C21H18ClN3O2/c22-17-3-1-2-14(11-17)19-8-9-23-21(25-19)24-18-7-6-13-4-5-15(20(26)27)10-16(13)12-18/h1-5,8-11,18H,6-7,12H2,(H,26,27)(H,23,24,25). The number of fused-ring (bicyclic) bond motifs is 1. The fraction of sp³-hybridized carbons (Fsp3) is 0.190. The number of carboxylic acid groups (broad SMARTS) is 1. The van der Waals surface area contributed by atoms with E-state index in [0.29, 0.717) is 16.5 Å². The van der Waals surface area contributed by atoms with Crippen molar-refractivity contribution in [3.8, 4) is 11.3 Å². The molecule has 136 valence electrons. The van der Waals surface area contributed by atoms with Gasteiger partial charge in [-0.1, -0.05) is 29.8 Å². The molecule has 0 spiro atoms. The summed E-state index contributed by atoms with van der Waals surface area (Å²) < 4.78 is 0. The lowest BCUT2D eigenvalue weighted by Gasteiger charge is -2.26. The Morgan fingerprint density at radius 2 is 2.04 bits per heavy atom. The molecule has 1 unspecified atom stereocenters. The fourth-order valence-corrected chi connectivity index (χ4v) is 3.62. The number of anilines is 1. The predicted octanol–water partition coefficient (Wildman–Crippen LogP) is 4.46. The highest BCUT2D eigenvalue weighted by Gasteiger charge is 2.20. The Labute approximate surface area is 162 Å². The maximum Gasteiger partial charge on any atom is 0.335 e. The Kier molecular flexibility index (Phi) is 4.77. The highest BCUT2D eigenvalue weighted by Crippen LogP contribution is 2.25. The van der Waals surface area contributed by atoms with E-state index in [1.807, 2.05) is 36.4 Å². The number of rotatable bonds is 4. The molecule has 1 aromatic heterocycles. The molecule has 5 nitrogen and oxygen atoms in total. The van der Waals surface area contributed by atoms with Crippen LogP contribution in [-0.4, -0.2) is 27.1 Å². The van der Waals surface area contributed by atoms with Crippen LogP contribution in [0.4, 0.5) is 5.95 Å². The van der Waals surface area contributed by atoms with E-state index in [0.717, 1.165) is 36.1 Å². The molecular formula is C21H18ClN3O2. The molecule has 3 aromatic rings. The first kappa shape index (κ1) is 17.5. The molecule has 27 heavy (non-hydrogen) atoms. The minimum absolute atomic E-state index is 0.163.